The van der Waals surface area contributed by atoms with Gasteiger partial charge in [0.2, 0.25) is 5.91 Å². The van der Waals surface area contributed by atoms with Crippen molar-refractivity contribution in [1.82, 2.24) is 4.90 Å². The summed E-state index contributed by atoms with van der Waals surface area (Å²) < 4.78 is 11.1. The van der Waals surface area contributed by atoms with E-state index in [0.717, 1.165) is 17.1 Å². The highest BCUT2D eigenvalue weighted by Gasteiger charge is 2.12. The predicted molar refractivity (Wildman–Crippen MR) is 91.9 cm³/mol. The van der Waals surface area contributed by atoms with Gasteiger partial charge in [-0.1, -0.05) is 12.1 Å². The van der Waals surface area contributed by atoms with Crippen LogP contribution in [0.25, 0.3) is 6.08 Å². The van der Waals surface area contributed by atoms with Crippen LogP contribution in [0.5, 0.6) is 11.5 Å². The lowest BCUT2D eigenvalue weighted by atomic mass is 10.1. The fraction of sp³-hybridized carbons (Fsp3) is 0.278. The molecular formula is C18H19NO3S. The first-order valence-electron chi connectivity index (χ1n) is 7.65. The number of hydrogen-bond donors (Lipinski definition) is 0. The minimum atomic E-state index is 0.00999. The van der Waals surface area contributed by atoms with Gasteiger partial charge in [-0.05, 0) is 42.1 Å². The van der Waals surface area contributed by atoms with E-state index in [4.69, 9.17) is 9.47 Å². The zero-order valence-corrected chi connectivity index (χ0v) is 13.8. The number of likely N-dealkylation sites (N-methyl/N-ethyl adjacent to an activating group) is 1. The van der Waals surface area contributed by atoms with Crippen molar-refractivity contribution < 1.29 is 14.3 Å². The van der Waals surface area contributed by atoms with Gasteiger partial charge in [-0.3, -0.25) is 4.79 Å². The van der Waals surface area contributed by atoms with Gasteiger partial charge in [0.25, 0.3) is 0 Å². The molecule has 23 heavy (non-hydrogen) atoms. The lowest BCUT2D eigenvalue weighted by Crippen LogP contribution is -2.28. The fourth-order valence-electron chi connectivity index (χ4n) is 2.37. The highest BCUT2D eigenvalue weighted by atomic mass is 32.1. The Balaban J connectivity index is 1.67. The maximum atomic E-state index is 12.4. The number of thiophene rings is 1. The molecule has 0 saturated heterocycles. The molecule has 0 saturated carbocycles. The van der Waals surface area contributed by atoms with Crippen molar-refractivity contribution in [1.29, 1.82) is 0 Å². The average Bonchev–Trinajstić information content (AvgIpc) is 3.10. The molecule has 0 spiro atoms. The van der Waals surface area contributed by atoms with Crippen molar-refractivity contribution in [3.05, 3.63) is 52.2 Å². The maximum absolute atomic E-state index is 12.4. The lowest BCUT2D eigenvalue weighted by Gasteiger charge is -2.19. The number of hydrogen-bond acceptors (Lipinski definition) is 4. The van der Waals surface area contributed by atoms with Gasteiger partial charge in [0.05, 0.1) is 6.54 Å². The highest BCUT2D eigenvalue weighted by Crippen LogP contribution is 2.31. The van der Waals surface area contributed by atoms with Crippen LogP contribution < -0.4 is 9.47 Å². The van der Waals surface area contributed by atoms with Crippen LogP contribution in [-0.2, 0) is 11.3 Å². The van der Waals surface area contributed by atoms with Gasteiger partial charge in [0, 0.05) is 17.5 Å². The number of amides is 1. The SMILES string of the molecule is CCN(Cc1cccs1)C(=O)/C=C/c1ccc2c(c1)OCCO2. The van der Waals surface area contributed by atoms with Crippen LogP contribution in [0.3, 0.4) is 0 Å². The molecule has 0 bridgehead atoms. The third-order valence-electron chi connectivity index (χ3n) is 3.60. The van der Waals surface area contributed by atoms with Crippen LogP contribution in [0.4, 0.5) is 0 Å². The molecule has 2 aromatic rings. The first-order valence-corrected chi connectivity index (χ1v) is 8.53. The van der Waals surface area contributed by atoms with Crippen LogP contribution >= 0.6 is 11.3 Å². The Kier molecular flexibility index (Phi) is 4.98. The molecule has 4 nitrogen and oxygen atoms in total. The molecule has 0 atom stereocenters. The second kappa shape index (κ2) is 7.33. The third kappa shape index (κ3) is 3.93. The Morgan fingerprint density at radius 3 is 2.83 bits per heavy atom. The summed E-state index contributed by atoms with van der Waals surface area (Å²) in [7, 11) is 0. The van der Waals surface area contributed by atoms with E-state index in [2.05, 4.69) is 0 Å². The fourth-order valence-corrected chi connectivity index (χ4v) is 3.09. The van der Waals surface area contributed by atoms with E-state index in [1.165, 1.54) is 4.88 Å². The number of ether oxygens (including phenoxy) is 2. The molecule has 5 heteroatoms. The van der Waals surface area contributed by atoms with E-state index in [9.17, 15) is 4.79 Å². The molecule has 1 amide bonds. The maximum Gasteiger partial charge on any atom is 0.246 e. The standard InChI is InChI=1S/C18H19NO3S/c1-2-19(13-15-4-3-11-23-15)18(20)8-6-14-5-7-16-17(12-14)22-10-9-21-16/h3-8,11-12H,2,9-10,13H2,1H3/b8-6+. The monoisotopic (exact) mass is 329 g/mol. The van der Waals surface area contributed by atoms with Gasteiger partial charge in [0.1, 0.15) is 13.2 Å². The molecule has 1 aliphatic rings. The van der Waals surface area contributed by atoms with Crippen molar-refractivity contribution in [2.24, 2.45) is 0 Å². The van der Waals surface area contributed by atoms with Crippen LogP contribution in [0, 0.1) is 0 Å². The summed E-state index contributed by atoms with van der Waals surface area (Å²) in [5.74, 6) is 1.50. The molecule has 0 radical (unpaired) electrons. The van der Waals surface area contributed by atoms with Crippen LogP contribution in [0.2, 0.25) is 0 Å². The quantitative estimate of drug-likeness (QED) is 0.787. The number of carbonyl (C=O) groups excluding carboxylic acids is 1. The van der Waals surface area contributed by atoms with E-state index in [-0.39, 0.29) is 5.91 Å². The van der Waals surface area contributed by atoms with Gasteiger partial charge >= 0.3 is 0 Å². The number of carbonyl (C=O) groups is 1. The van der Waals surface area contributed by atoms with Crippen molar-refractivity contribution in [2.75, 3.05) is 19.8 Å². The molecule has 1 aliphatic heterocycles. The Bertz CT molecular complexity index is 694. The molecular weight excluding hydrogens is 310 g/mol. The minimum Gasteiger partial charge on any atom is -0.486 e. The molecule has 120 valence electrons. The summed E-state index contributed by atoms with van der Waals surface area (Å²) >= 11 is 1.67. The zero-order chi connectivity index (χ0) is 16.1. The van der Waals surface area contributed by atoms with Crippen molar-refractivity contribution in [2.45, 2.75) is 13.5 Å². The Morgan fingerprint density at radius 2 is 2.09 bits per heavy atom. The summed E-state index contributed by atoms with van der Waals surface area (Å²) in [5.41, 5.74) is 0.926. The van der Waals surface area contributed by atoms with E-state index in [1.807, 2.05) is 53.6 Å². The average molecular weight is 329 g/mol. The van der Waals surface area contributed by atoms with E-state index < -0.39 is 0 Å². The van der Waals surface area contributed by atoms with E-state index >= 15 is 0 Å². The summed E-state index contributed by atoms with van der Waals surface area (Å²) in [4.78, 5) is 15.4. The van der Waals surface area contributed by atoms with Crippen molar-refractivity contribution in [3.8, 4) is 11.5 Å². The molecule has 0 unspecified atom stereocenters. The second-order valence-corrected chi connectivity index (χ2v) is 6.20. The summed E-state index contributed by atoms with van der Waals surface area (Å²) in [6, 6.07) is 9.75. The first-order chi connectivity index (χ1) is 11.3. The van der Waals surface area contributed by atoms with Crippen molar-refractivity contribution >= 4 is 23.3 Å². The van der Waals surface area contributed by atoms with E-state index in [0.29, 0.717) is 26.3 Å². The van der Waals surface area contributed by atoms with E-state index in [1.54, 1.807) is 17.4 Å². The molecule has 0 N–H and O–H groups in total. The molecule has 0 fully saturated rings. The van der Waals surface area contributed by atoms with Gasteiger partial charge < -0.3 is 14.4 Å². The number of fused-ring (bicyclic) bond motifs is 1. The van der Waals surface area contributed by atoms with Gasteiger partial charge in [0.15, 0.2) is 11.5 Å². The van der Waals surface area contributed by atoms with Gasteiger partial charge in [-0.2, -0.15) is 0 Å². The minimum absolute atomic E-state index is 0.00999. The summed E-state index contributed by atoms with van der Waals surface area (Å²) in [5, 5.41) is 2.03. The molecule has 1 aromatic heterocycles. The van der Waals surface area contributed by atoms with Crippen LogP contribution in [0.1, 0.15) is 17.4 Å². The topological polar surface area (TPSA) is 38.8 Å². The van der Waals surface area contributed by atoms with Crippen LogP contribution in [0.15, 0.2) is 41.8 Å². The second-order valence-electron chi connectivity index (χ2n) is 5.17. The largest absolute Gasteiger partial charge is 0.486 e. The Morgan fingerprint density at radius 1 is 1.26 bits per heavy atom. The zero-order valence-electron chi connectivity index (χ0n) is 13.0. The Labute approximate surface area is 140 Å². The molecule has 2 heterocycles. The smallest absolute Gasteiger partial charge is 0.246 e. The van der Waals surface area contributed by atoms with Crippen molar-refractivity contribution in [3.63, 3.8) is 0 Å². The third-order valence-corrected chi connectivity index (χ3v) is 4.47. The molecule has 3 rings (SSSR count). The Hall–Kier alpha value is -2.27. The van der Waals surface area contributed by atoms with Gasteiger partial charge in [-0.25, -0.2) is 0 Å². The number of rotatable bonds is 5. The number of benzene rings is 1. The predicted octanol–water partition coefficient (Wildman–Crippen LogP) is 3.58. The summed E-state index contributed by atoms with van der Waals surface area (Å²) in [6.45, 7) is 4.46. The highest BCUT2D eigenvalue weighted by molar-refractivity contribution is 7.09. The van der Waals surface area contributed by atoms with Crippen LogP contribution in [-0.4, -0.2) is 30.6 Å². The first kappa shape index (κ1) is 15.6. The van der Waals surface area contributed by atoms with Gasteiger partial charge in [-0.15, -0.1) is 11.3 Å². The molecule has 0 aliphatic carbocycles. The lowest BCUT2D eigenvalue weighted by molar-refractivity contribution is -0.126. The molecule has 1 aromatic carbocycles. The number of nitrogens with zero attached hydrogens (tertiary/aromatic N) is 1. The summed E-state index contributed by atoms with van der Waals surface area (Å²) in [6.07, 6.45) is 3.43. The normalized spacial score (nSPS) is 13.3.